The van der Waals surface area contributed by atoms with Crippen molar-refractivity contribution in [2.24, 2.45) is 0 Å². The van der Waals surface area contributed by atoms with Gasteiger partial charge in [-0.05, 0) is 6.92 Å². The summed E-state index contributed by atoms with van der Waals surface area (Å²) in [6.07, 6.45) is 0. The minimum Gasteiger partial charge on any atom is -0.344 e. The molecular weight excluding hydrogens is 121 g/mol. The van der Waals surface area contributed by atoms with Crippen LogP contribution < -0.4 is 6.15 Å². The van der Waals surface area contributed by atoms with Crippen LogP contribution in [0.2, 0.25) is 0 Å². The van der Waals surface area contributed by atoms with Crippen LogP contribution in [0.15, 0.2) is 0 Å². The van der Waals surface area contributed by atoms with Gasteiger partial charge in [0.25, 0.3) is 0 Å². The van der Waals surface area contributed by atoms with Crippen molar-refractivity contribution in [2.75, 3.05) is 5.88 Å². The Kier molecular flexibility index (Phi) is 8.99. The topological polar surface area (TPSA) is 35.0 Å². The molecule has 0 heterocycles. The van der Waals surface area contributed by atoms with Gasteiger partial charge in [0.2, 0.25) is 0 Å². The first-order chi connectivity index (χ1) is 2.27. The third kappa shape index (κ3) is 8.82. The molecule has 0 amide bonds. The first-order valence-electron chi connectivity index (χ1n) is 1.47. The van der Waals surface area contributed by atoms with Crippen molar-refractivity contribution >= 4 is 23.2 Å². The Hall–Kier alpha value is 0.540. The molecule has 0 aromatic rings. The lowest BCUT2D eigenvalue weighted by molar-refractivity contribution is 1.11. The fourth-order valence-corrected chi connectivity index (χ4v) is 0. The zero-order valence-corrected chi connectivity index (χ0v) is 5.26. The Morgan fingerprint density at radius 2 is 1.83 bits per heavy atom. The Bertz CT molecular complexity index is 22.8. The summed E-state index contributed by atoms with van der Waals surface area (Å²) in [5.74, 6) is 0.543. The minimum atomic E-state index is 0. The summed E-state index contributed by atoms with van der Waals surface area (Å²) >= 11 is 10.5. The van der Waals surface area contributed by atoms with Crippen LogP contribution in [0.3, 0.4) is 0 Å². The van der Waals surface area contributed by atoms with Gasteiger partial charge in [0.15, 0.2) is 0 Å². The molecule has 0 saturated carbocycles. The van der Waals surface area contributed by atoms with E-state index in [0.29, 0.717) is 5.88 Å². The molecule has 1 unspecified atom stereocenters. The standard InChI is InChI=1S/C3H6Cl2.H3N/c1-3(5)2-4;/h3H,2H2,1H3;1H3. The molecule has 1 nitrogen and oxygen atoms in total. The second-order valence-electron chi connectivity index (χ2n) is 0.935. The van der Waals surface area contributed by atoms with E-state index < -0.39 is 0 Å². The van der Waals surface area contributed by atoms with E-state index in [9.17, 15) is 0 Å². The predicted molar refractivity (Wildman–Crippen MR) is 31.1 cm³/mol. The van der Waals surface area contributed by atoms with E-state index >= 15 is 0 Å². The SMILES string of the molecule is CC(Cl)CCl.N. The monoisotopic (exact) mass is 129 g/mol. The zero-order chi connectivity index (χ0) is 4.28. The summed E-state index contributed by atoms with van der Waals surface area (Å²) in [5.41, 5.74) is 0. The molecule has 3 heteroatoms. The van der Waals surface area contributed by atoms with Gasteiger partial charge in [-0.1, -0.05) is 0 Å². The molecule has 0 fully saturated rings. The van der Waals surface area contributed by atoms with Crippen LogP contribution in [-0.4, -0.2) is 11.3 Å². The van der Waals surface area contributed by atoms with Crippen LogP contribution in [0.5, 0.6) is 0 Å². The van der Waals surface area contributed by atoms with Crippen molar-refractivity contribution in [1.29, 1.82) is 0 Å². The molecule has 6 heavy (non-hydrogen) atoms. The second-order valence-corrected chi connectivity index (χ2v) is 1.99. The number of hydrogen-bond acceptors (Lipinski definition) is 1. The van der Waals surface area contributed by atoms with E-state index in [-0.39, 0.29) is 11.5 Å². The lowest BCUT2D eigenvalue weighted by Crippen LogP contribution is -1.87. The normalized spacial score (nSPS) is 12.5. The van der Waals surface area contributed by atoms with Crippen molar-refractivity contribution in [1.82, 2.24) is 6.15 Å². The van der Waals surface area contributed by atoms with E-state index in [1.54, 1.807) is 0 Å². The Balaban J connectivity index is 0. The lowest BCUT2D eigenvalue weighted by Gasteiger charge is -1.85. The fraction of sp³-hybridized carbons (Fsp3) is 1.00. The van der Waals surface area contributed by atoms with E-state index in [2.05, 4.69) is 0 Å². The third-order valence-corrected chi connectivity index (χ3v) is 0.988. The van der Waals surface area contributed by atoms with Crippen molar-refractivity contribution in [3.63, 3.8) is 0 Å². The average molecular weight is 130 g/mol. The molecule has 1 atom stereocenters. The fourth-order valence-electron chi connectivity index (χ4n) is 0. The molecule has 0 aliphatic heterocycles. The first-order valence-corrected chi connectivity index (χ1v) is 2.44. The van der Waals surface area contributed by atoms with E-state index in [4.69, 9.17) is 23.2 Å². The Morgan fingerprint density at radius 3 is 1.83 bits per heavy atom. The zero-order valence-electron chi connectivity index (χ0n) is 3.75. The van der Waals surface area contributed by atoms with Crippen LogP contribution in [0.1, 0.15) is 6.92 Å². The van der Waals surface area contributed by atoms with E-state index in [1.165, 1.54) is 0 Å². The summed E-state index contributed by atoms with van der Waals surface area (Å²) in [6.45, 7) is 1.86. The quantitative estimate of drug-likeness (QED) is 0.541. The van der Waals surface area contributed by atoms with Crippen LogP contribution in [0.25, 0.3) is 0 Å². The number of rotatable bonds is 1. The maximum absolute atomic E-state index is 5.33. The molecule has 0 aliphatic rings. The summed E-state index contributed by atoms with van der Waals surface area (Å²) in [7, 11) is 0. The van der Waals surface area contributed by atoms with E-state index in [1.807, 2.05) is 6.92 Å². The maximum Gasteiger partial charge on any atom is 0.0443 e. The number of halogens is 2. The molecule has 0 aliphatic carbocycles. The van der Waals surface area contributed by atoms with Crippen LogP contribution >= 0.6 is 23.2 Å². The molecule has 0 radical (unpaired) electrons. The summed E-state index contributed by atoms with van der Waals surface area (Å²) in [5, 5.41) is 0.122. The van der Waals surface area contributed by atoms with Gasteiger partial charge in [0.1, 0.15) is 0 Å². The average Bonchev–Trinajstić information content (AvgIpc) is 1.38. The van der Waals surface area contributed by atoms with E-state index in [0.717, 1.165) is 0 Å². The van der Waals surface area contributed by atoms with Gasteiger partial charge in [-0.15, -0.1) is 23.2 Å². The van der Waals surface area contributed by atoms with Crippen molar-refractivity contribution in [3.05, 3.63) is 0 Å². The van der Waals surface area contributed by atoms with Crippen molar-refractivity contribution < 1.29 is 0 Å². The van der Waals surface area contributed by atoms with Crippen LogP contribution in [-0.2, 0) is 0 Å². The molecule has 0 aromatic heterocycles. The first kappa shape index (κ1) is 9.74. The largest absolute Gasteiger partial charge is 0.344 e. The molecule has 0 saturated heterocycles. The van der Waals surface area contributed by atoms with Gasteiger partial charge >= 0.3 is 0 Å². The molecule has 40 valence electrons. The highest BCUT2D eigenvalue weighted by atomic mass is 35.5. The van der Waals surface area contributed by atoms with Crippen LogP contribution in [0, 0.1) is 0 Å². The molecule has 0 rings (SSSR count). The second kappa shape index (κ2) is 5.54. The number of alkyl halides is 2. The van der Waals surface area contributed by atoms with Gasteiger partial charge in [-0.25, -0.2) is 0 Å². The summed E-state index contributed by atoms with van der Waals surface area (Å²) < 4.78 is 0. The summed E-state index contributed by atoms with van der Waals surface area (Å²) in [6, 6.07) is 0. The smallest absolute Gasteiger partial charge is 0.0443 e. The number of hydrogen-bond donors (Lipinski definition) is 1. The summed E-state index contributed by atoms with van der Waals surface area (Å²) in [4.78, 5) is 0. The van der Waals surface area contributed by atoms with Crippen molar-refractivity contribution in [3.8, 4) is 0 Å². The van der Waals surface area contributed by atoms with Crippen LogP contribution in [0.4, 0.5) is 0 Å². The predicted octanol–water partition coefficient (Wildman–Crippen LogP) is 2.01. The third-order valence-electron chi connectivity index (χ3n) is 0.213. The van der Waals surface area contributed by atoms with Gasteiger partial charge in [-0.2, -0.15) is 0 Å². The lowest BCUT2D eigenvalue weighted by atomic mass is 10.6. The highest BCUT2D eigenvalue weighted by Crippen LogP contribution is 1.93. The highest BCUT2D eigenvalue weighted by molar-refractivity contribution is 6.27. The molecular formula is C3H9Cl2N. The highest BCUT2D eigenvalue weighted by Gasteiger charge is 1.85. The molecule has 0 aromatic carbocycles. The maximum atomic E-state index is 5.33. The van der Waals surface area contributed by atoms with Gasteiger partial charge in [0.05, 0.1) is 0 Å². The molecule has 0 spiro atoms. The minimum absolute atomic E-state index is 0. The molecule has 3 N–H and O–H groups in total. The van der Waals surface area contributed by atoms with Gasteiger partial charge < -0.3 is 6.15 Å². The Labute approximate surface area is 48.2 Å². The van der Waals surface area contributed by atoms with Crippen molar-refractivity contribution in [2.45, 2.75) is 12.3 Å². The molecule has 0 bridgehead atoms. The van der Waals surface area contributed by atoms with Gasteiger partial charge in [0, 0.05) is 11.3 Å². The van der Waals surface area contributed by atoms with Gasteiger partial charge in [-0.3, -0.25) is 0 Å². The Morgan fingerprint density at radius 1 is 1.67 bits per heavy atom.